The summed E-state index contributed by atoms with van der Waals surface area (Å²) < 4.78 is 22.8. The molecule has 0 bridgehead atoms. The molecule has 0 aliphatic heterocycles. The van der Waals surface area contributed by atoms with Crippen LogP contribution in [0.25, 0.3) is 0 Å². The number of rotatable bonds is 33. The van der Waals surface area contributed by atoms with Gasteiger partial charge < -0.3 is 39.4 Å². The summed E-state index contributed by atoms with van der Waals surface area (Å²) in [4.78, 5) is 29.0. The Bertz CT molecular complexity index is 1710. The normalized spacial score (nSPS) is 17.6. The van der Waals surface area contributed by atoms with Crippen molar-refractivity contribution in [1.29, 1.82) is 0 Å². The van der Waals surface area contributed by atoms with E-state index >= 15 is 0 Å². The molecule has 2 rings (SSSR count). The maximum Gasteiger partial charge on any atom is 0.223 e. The number of amides is 2. The van der Waals surface area contributed by atoms with Crippen molar-refractivity contribution in [2.24, 2.45) is 10.8 Å². The fourth-order valence-corrected chi connectivity index (χ4v) is 8.34. The topological polar surface area (TPSA) is 102 Å². The Labute approximate surface area is 414 Å². The largest absolute Gasteiger partial charge is 0.500 e. The van der Waals surface area contributed by atoms with E-state index in [1.54, 1.807) is 12.5 Å². The maximum absolute atomic E-state index is 12.3. The second-order valence-electron chi connectivity index (χ2n) is 20.3. The van der Waals surface area contributed by atoms with Gasteiger partial charge in [0.25, 0.3) is 0 Å². The summed E-state index contributed by atoms with van der Waals surface area (Å²) in [6, 6.07) is 0. The van der Waals surface area contributed by atoms with Crippen LogP contribution in [0.1, 0.15) is 133 Å². The lowest BCUT2D eigenvalue weighted by molar-refractivity contribution is -0.122. The fraction of sp³-hybridized carbons (Fsp3) is 0.621. The van der Waals surface area contributed by atoms with E-state index in [1.165, 1.54) is 72.0 Å². The van der Waals surface area contributed by atoms with E-state index in [0.717, 1.165) is 50.2 Å². The highest BCUT2D eigenvalue weighted by Gasteiger charge is 2.27. The molecule has 0 heterocycles. The monoisotopic (exact) mass is 943 g/mol. The molecule has 2 N–H and O–H groups in total. The van der Waals surface area contributed by atoms with Gasteiger partial charge in [-0.1, -0.05) is 111 Å². The van der Waals surface area contributed by atoms with Gasteiger partial charge in [0.2, 0.25) is 11.8 Å². The van der Waals surface area contributed by atoms with Crippen LogP contribution in [-0.2, 0) is 28.5 Å². The number of hydrogen-bond acceptors (Lipinski definition) is 8. The van der Waals surface area contributed by atoms with E-state index < -0.39 is 0 Å². The van der Waals surface area contributed by atoms with E-state index in [-0.39, 0.29) is 22.6 Å². The zero-order valence-electron chi connectivity index (χ0n) is 44.8. The van der Waals surface area contributed by atoms with E-state index in [1.807, 2.05) is 38.2 Å². The zero-order chi connectivity index (χ0) is 50.2. The average Bonchev–Trinajstić information content (AvgIpc) is 3.27. The van der Waals surface area contributed by atoms with E-state index in [0.29, 0.717) is 65.6 Å². The molecule has 10 heteroatoms. The third kappa shape index (κ3) is 27.7. The Hall–Kier alpha value is -4.22. The molecule has 2 aliphatic rings. The van der Waals surface area contributed by atoms with Crippen LogP contribution in [0.4, 0.5) is 0 Å². The van der Waals surface area contributed by atoms with Gasteiger partial charge in [0.1, 0.15) is 0 Å². The SMILES string of the molecule is CC1=C(/C=C/C(C)=C/C=C/C(C)=C/OCCC(=O)NCCCN(C)CCOCCOCCN(C)CCCNC(=O)CCO/C=C(C)/C=C/C=C(C)/C=C/C2=C(C)CCCC2(C)C)C(C)(C)CCC1. The number of carbonyl (C=O) groups excluding carboxylic acids is 2. The Kier molecular flexibility index (Phi) is 30.1. The zero-order valence-corrected chi connectivity index (χ0v) is 44.8. The molecule has 382 valence electrons. The van der Waals surface area contributed by atoms with Gasteiger partial charge in [0, 0.05) is 26.2 Å². The molecule has 0 unspecified atom stereocenters. The quantitative estimate of drug-likeness (QED) is 0.0381. The molecule has 68 heavy (non-hydrogen) atoms. The Morgan fingerprint density at radius 3 is 1.34 bits per heavy atom. The predicted octanol–water partition coefficient (Wildman–Crippen LogP) is 11.7. The number of likely N-dealkylation sites (N-methyl/N-ethyl adjacent to an activating group) is 2. The first-order valence-corrected chi connectivity index (χ1v) is 25.5. The summed E-state index contributed by atoms with van der Waals surface area (Å²) in [5, 5.41) is 5.98. The number of hydrogen-bond donors (Lipinski definition) is 2. The first kappa shape index (κ1) is 59.9. The molecule has 0 aromatic heterocycles. The molecule has 0 saturated carbocycles. The van der Waals surface area contributed by atoms with Gasteiger partial charge in [-0.15, -0.1) is 0 Å². The van der Waals surface area contributed by atoms with Gasteiger partial charge in [0.15, 0.2) is 0 Å². The molecule has 2 amide bonds. The van der Waals surface area contributed by atoms with Crippen molar-refractivity contribution in [3.8, 4) is 0 Å². The van der Waals surface area contributed by atoms with Gasteiger partial charge in [-0.3, -0.25) is 9.59 Å². The van der Waals surface area contributed by atoms with Crippen LogP contribution in [0.2, 0.25) is 0 Å². The fourth-order valence-electron chi connectivity index (χ4n) is 8.34. The first-order chi connectivity index (χ1) is 32.4. The minimum Gasteiger partial charge on any atom is -0.500 e. The average molecular weight is 943 g/mol. The molecule has 0 aromatic carbocycles. The van der Waals surface area contributed by atoms with E-state index in [9.17, 15) is 9.59 Å². The van der Waals surface area contributed by atoms with Crippen molar-refractivity contribution < 1.29 is 28.5 Å². The summed E-state index contributed by atoms with van der Waals surface area (Å²) in [7, 11) is 4.13. The van der Waals surface area contributed by atoms with Crippen LogP contribution in [0.15, 0.2) is 118 Å². The third-order valence-corrected chi connectivity index (χ3v) is 12.7. The highest BCUT2D eigenvalue weighted by Crippen LogP contribution is 2.41. The summed E-state index contributed by atoms with van der Waals surface area (Å²) in [5.74, 6) is -0.000780. The molecular formula is C58H94N4O6. The van der Waals surface area contributed by atoms with E-state index in [4.69, 9.17) is 18.9 Å². The van der Waals surface area contributed by atoms with Crippen molar-refractivity contribution in [3.05, 3.63) is 118 Å². The van der Waals surface area contributed by atoms with E-state index in [2.05, 4.69) is 126 Å². The minimum atomic E-state index is -0.000390. The third-order valence-electron chi connectivity index (χ3n) is 12.7. The molecular weight excluding hydrogens is 849 g/mol. The Morgan fingerprint density at radius 1 is 0.559 bits per heavy atom. The van der Waals surface area contributed by atoms with Crippen molar-refractivity contribution >= 4 is 11.8 Å². The summed E-state index contributed by atoms with van der Waals surface area (Å²) in [5.41, 5.74) is 10.9. The van der Waals surface area contributed by atoms with Crippen LogP contribution in [0.5, 0.6) is 0 Å². The molecule has 2 aliphatic carbocycles. The van der Waals surface area contributed by atoms with Gasteiger partial charge in [-0.25, -0.2) is 0 Å². The second kappa shape index (κ2) is 34.1. The van der Waals surface area contributed by atoms with Crippen molar-refractivity contribution in [3.63, 3.8) is 0 Å². The van der Waals surface area contributed by atoms with Crippen LogP contribution >= 0.6 is 0 Å². The molecule has 0 radical (unpaired) electrons. The number of allylic oxidation sites excluding steroid dienone is 18. The Morgan fingerprint density at radius 2 is 0.956 bits per heavy atom. The van der Waals surface area contributed by atoms with Crippen LogP contribution in [-0.4, -0.2) is 115 Å². The molecule has 0 fully saturated rings. The number of carbonyl (C=O) groups is 2. The van der Waals surface area contributed by atoms with Gasteiger partial charge in [-0.2, -0.15) is 0 Å². The van der Waals surface area contributed by atoms with Crippen molar-refractivity contribution in [1.82, 2.24) is 20.4 Å². The highest BCUT2D eigenvalue weighted by molar-refractivity contribution is 5.76. The molecule has 0 spiro atoms. The lowest BCUT2D eigenvalue weighted by Gasteiger charge is -2.33. The Balaban J connectivity index is 1.41. The number of nitrogens with zero attached hydrogens (tertiary/aromatic N) is 2. The molecule has 0 saturated heterocycles. The van der Waals surface area contributed by atoms with Gasteiger partial charge >= 0.3 is 0 Å². The van der Waals surface area contributed by atoms with Crippen molar-refractivity contribution in [2.45, 2.75) is 133 Å². The number of nitrogens with one attached hydrogen (secondary N) is 2. The van der Waals surface area contributed by atoms with Crippen LogP contribution < -0.4 is 10.6 Å². The van der Waals surface area contributed by atoms with Gasteiger partial charge in [-0.05, 0) is 153 Å². The summed E-state index contributed by atoms with van der Waals surface area (Å²) in [6.45, 7) is 29.9. The molecule has 0 aromatic rings. The second-order valence-corrected chi connectivity index (χ2v) is 20.3. The van der Waals surface area contributed by atoms with Crippen molar-refractivity contribution in [2.75, 3.05) is 93.0 Å². The van der Waals surface area contributed by atoms with Crippen LogP contribution in [0, 0.1) is 10.8 Å². The van der Waals surface area contributed by atoms with Gasteiger partial charge in [0.05, 0.1) is 65.0 Å². The predicted molar refractivity (Wildman–Crippen MR) is 285 cm³/mol. The molecule has 0 atom stereocenters. The summed E-state index contributed by atoms with van der Waals surface area (Å²) >= 11 is 0. The maximum atomic E-state index is 12.3. The van der Waals surface area contributed by atoms with Crippen LogP contribution in [0.3, 0.4) is 0 Å². The first-order valence-electron chi connectivity index (χ1n) is 25.5. The molecule has 10 nitrogen and oxygen atoms in total. The smallest absolute Gasteiger partial charge is 0.223 e. The minimum absolute atomic E-state index is 0.000390. The standard InChI is InChI=1S/C58H94N4O6/c1-47(25-27-53-51(5)23-15-31-57(53,7)8)19-13-21-49(3)45-67-39-29-55(63)59-33-17-35-61(11)37-41-65-43-44-66-42-38-62(12)36-18-34-60-56(64)30-40-68-46-50(4)22-14-20-48(2)26-28-54-52(6)24-16-32-58(54,9)10/h13-14,19-22,25-28,45-46H,15-18,23-24,29-44H2,1-12H3,(H,59,63)(H,60,64)/b21-13+,22-14+,27-25+,28-26+,47-19+,48-20+,49-45+,50-46+. The lowest BCUT2D eigenvalue weighted by Crippen LogP contribution is -2.30. The highest BCUT2D eigenvalue weighted by atomic mass is 16.5. The lowest BCUT2D eigenvalue weighted by atomic mass is 9.72. The summed E-state index contributed by atoms with van der Waals surface area (Å²) in [6.07, 6.45) is 34.6. The number of ether oxygens (including phenoxy) is 4.